The van der Waals surface area contributed by atoms with E-state index >= 15 is 0 Å². The standard InChI is InChI=1S/C23H29N5O/c1-18(19-7-4-3-5-8-19)26-23(24-12-10-22-9-6-14-29-22)28-13-11-20(17-28)21-15-25-27(2)16-21/h3-9,14-16,18,20H,10-13,17H2,1-2H3,(H,24,26). The monoisotopic (exact) mass is 391 g/mol. The molecular formula is C23H29N5O. The van der Waals surface area contributed by atoms with E-state index < -0.39 is 0 Å². The molecule has 4 rings (SSSR count). The van der Waals surface area contributed by atoms with Gasteiger partial charge in [-0.1, -0.05) is 30.3 Å². The van der Waals surface area contributed by atoms with Gasteiger partial charge in [0.25, 0.3) is 0 Å². The molecule has 0 bridgehead atoms. The summed E-state index contributed by atoms with van der Waals surface area (Å²) in [6.07, 6.45) is 7.75. The van der Waals surface area contributed by atoms with Crippen LogP contribution in [0.4, 0.5) is 0 Å². The number of hydrogen-bond acceptors (Lipinski definition) is 3. The van der Waals surface area contributed by atoms with Gasteiger partial charge in [0.1, 0.15) is 5.76 Å². The van der Waals surface area contributed by atoms with Gasteiger partial charge in [-0.05, 0) is 36.6 Å². The van der Waals surface area contributed by atoms with Crippen LogP contribution >= 0.6 is 0 Å². The number of aromatic nitrogens is 2. The Morgan fingerprint density at radius 1 is 1.28 bits per heavy atom. The number of rotatable bonds is 6. The third-order valence-electron chi connectivity index (χ3n) is 5.53. The van der Waals surface area contributed by atoms with Crippen molar-refractivity contribution in [3.8, 4) is 0 Å². The van der Waals surface area contributed by atoms with Gasteiger partial charge in [0.15, 0.2) is 5.96 Å². The lowest BCUT2D eigenvalue weighted by Gasteiger charge is -2.25. The van der Waals surface area contributed by atoms with E-state index in [9.17, 15) is 0 Å². The SMILES string of the molecule is CC(NC(=NCCc1ccco1)N1CCC(c2cnn(C)c2)C1)c1ccccc1. The Labute approximate surface area is 172 Å². The molecule has 1 aliphatic rings. The lowest BCUT2D eigenvalue weighted by molar-refractivity contribution is 0.470. The fourth-order valence-electron chi connectivity index (χ4n) is 3.86. The van der Waals surface area contributed by atoms with E-state index in [1.54, 1.807) is 6.26 Å². The summed E-state index contributed by atoms with van der Waals surface area (Å²) in [6.45, 7) is 4.84. The topological polar surface area (TPSA) is 58.6 Å². The maximum Gasteiger partial charge on any atom is 0.194 e. The number of hydrogen-bond donors (Lipinski definition) is 1. The molecule has 2 aromatic heterocycles. The van der Waals surface area contributed by atoms with Crippen LogP contribution in [-0.4, -0.2) is 40.3 Å². The summed E-state index contributed by atoms with van der Waals surface area (Å²) >= 11 is 0. The minimum Gasteiger partial charge on any atom is -0.469 e. The third kappa shape index (κ3) is 4.88. The Bertz CT molecular complexity index is 916. The van der Waals surface area contributed by atoms with Gasteiger partial charge in [-0.2, -0.15) is 5.10 Å². The lowest BCUT2D eigenvalue weighted by atomic mass is 10.0. The highest BCUT2D eigenvalue weighted by atomic mass is 16.3. The first-order valence-corrected chi connectivity index (χ1v) is 10.3. The number of nitrogens with one attached hydrogen (secondary N) is 1. The summed E-state index contributed by atoms with van der Waals surface area (Å²) < 4.78 is 7.34. The molecule has 1 aliphatic heterocycles. The summed E-state index contributed by atoms with van der Waals surface area (Å²) in [5.41, 5.74) is 2.57. The summed E-state index contributed by atoms with van der Waals surface area (Å²) in [5, 5.41) is 8.00. The van der Waals surface area contributed by atoms with Gasteiger partial charge in [0.2, 0.25) is 0 Å². The molecule has 0 radical (unpaired) electrons. The number of furan rings is 1. The van der Waals surface area contributed by atoms with E-state index in [2.05, 4.69) is 52.7 Å². The Hall–Kier alpha value is -3.02. The van der Waals surface area contributed by atoms with Crippen molar-refractivity contribution in [3.63, 3.8) is 0 Å². The molecule has 6 heteroatoms. The molecule has 3 heterocycles. The van der Waals surface area contributed by atoms with Crippen LogP contribution in [0.5, 0.6) is 0 Å². The molecule has 6 nitrogen and oxygen atoms in total. The predicted octanol–water partition coefficient (Wildman–Crippen LogP) is 3.75. The van der Waals surface area contributed by atoms with E-state index in [4.69, 9.17) is 9.41 Å². The fourth-order valence-corrected chi connectivity index (χ4v) is 3.86. The van der Waals surface area contributed by atoms with Gasteiger partial charge in [-0.25, -0.2) is 0 Å². The summed E-state index contributed by atoms with van der Waals surface area (Å²) in [4.78, 5) is 7.30. The van der Waals surface area contributed by atoms with Gasteiger partial charge < -0.3 is 14.6 Å². The van der Waals surface area contributed by atoms with Crippen LogP contribution in [-0.2, 0) is 13.5 Å². The molecule has 0 saturated carbocycles. The van der Waals surface area contributed by atoms with E-state index in [1.807, 2.05) is 36.1 Å². The second-order valence-electron chi connectivity index (χ2n) is 7.69. The maximum atomic E-state index is 5.46. The molecular weight excluding hydrogens is 362 g/mol. The lowest BCUT2D eigenvalue weighted by Crippen LogP contribution is -2.41. The van der Waals surface area contributed by atoms with Crippen molar-refractivity contribution in [3.05, 3.63) is 78.0 Å². The molecule has 1 N–H and O–H groups in total. The Balaban J connectivity index is 1.46. The average molecular weight is 392 g/mol. The van der Waals surface area contributed by atoms with Gasteiger partial charge in [0.05, 0.1) is 18.5 Å². The number of guanidine groups is 1. The van der Waals surface area contributed by atoms with Crippen molar-refractivity contribution >= 4 is 5.96 Å². The highest BCUT2D eigenvalue weighted by Crippen LogP contribution is 2.27. The van der Waals surface area contributed by atoms with Crippen LogP contribution in [0.2, 0.25) is 0 Å². The molecule has 29 heavy (non-hydrogen) atoms. The highest BCUT2D eigenvalue weighted by molar-refractivity contribution is 5.81. The summed E-state index contributed by atoms with van der Waals surface area (Å²) in [7, 11) is 1.97. The first kappa shape index (κ1) is 19.3. The molecule has 2 unspecified atom stereocenters. The molecule has 152 valence electrons. The van der Waals surface area contributed by atoms with E-state index in [0.717, 1.165) is 37.7 Å². The molecule has 1 aromatic carbocycles. The largest absolute Gasteiger partial charge is 0.469 e. The van der Waals surface area contributed by atoms with Crippen LogP contribution in [0.15, 0.2) is 70.5 Å². The molecule has 0 aliphatic carbocycles. The molecule has 0 spiro atoms. The minimum atomic E-state index is 0.191. The normalized spacial score (nSPS) is 18.2. The van der Waals surface area contributed by atoms with E-state index in [-0.39, 0.29) is 6.04 Å². The first-order valence-electron chi connectivity index (χ1n) is 10.3. The number of benzene rings is 1. The zero-order chi connectivity index (χ0) is 20.1. The number of aryl methyl sites for hydroxylation is 1. The van der Waals surface area contributed by atoms with Crippen molar-refractivity contribution in [2.75, 3.05) is 19.6 Å². The smallest absolute Gasteiger partial charge is 0.194 e. The second kappa shape index (κ2) is 8.99. The van der Waals surface area contributed by atoms with Crippen molar-refractivity contribution in [1.29, 1.82) is 0 Å². The van der Waals surface area contributed by atoms with Crippen LogP contribution < -0.4 is 5.32 Å². The van der Waals surface area contributed by atoms with Crippen molar-refractivity contribution < 1.29 is 4.42 Å². The summed E-state index contributed by atoms with van der Waals surface area (Å²) in [5.74, 6) is 2.44. The van der Waals surface area contributed by atoms with Crippen molar-refractivity contribution in [2.24, 2.45) is 12.0 Å². The maximum absolute atomic E-state index is 5.46. The molecule has 1 fully saturated rings. The van der Waals surface area contributed by atoms with Gasteiger partial charge in [0, 0.05) is 45.2 Å². The molecule has 0 amide bonds. The van der Waals surface area contributed by atoms with E-state index in [0.29, 0.717) is 12.5 Å². The van der Waals surface area contributed by atoms with E-state index in [1.165, 1.54) is 11.1 Å². The van der Waals surface area contributed by atoms with Crippen LogP contribution in [0.25, 0.3) is 0 Å². The number of nitrogens with zero attached hydrogens (tertiary/aromatic N) is 4. The van der Waals surface area contributed by atoms with Crippen LogP contribution in [0.1, 0.15) is 42.2 Å². The Morgan fingerprint density at radius 3 is 2.86 bits per heavy atom. The zero-order valence-electron chi connectivity index (χ0n) is 17.2. The van der Waals surface area contributed by atoms with Crippen LogP contribution in [0, 0.1) is 0 Å². The second-order valence-corrected chi connectivity index (χ2v) is 7.69. The first-order chi connectivity index (χ1) is 14.2. The fraction of sp³-hybridized carbons (Fsp3) is 0.391. The quantitative estimate of drug-likeness (QED) is 0.514. The number of aliphatic imine (C=N–C) groups is 1. The predicted molar refractivity (Wildman–Crippen MR) is 115 cm³/mol. The van der Waals surface area contributed by atoms with Gasteiger partial charge >= 0.3 is 0 Å². The van der Waals surface area contributed by atoms with Crippen molar-refractivity contribution in [1.82, 2.24) is 20.0 Å². The molecule has 2 atom stereocenters. The van der Waals surface area contributed by atoms with Gasteiger partial charge in [-0.15, -0.1) is 0 Å². The zero-order valence-corrected chi connectivity index (χ0v) is 17.2. The molecule has 3 aromatic rings. The summed E-state index contributed by atoms with van der Waals surface area (Å²) in [6, 6.07) is 14.6. The highest BCUT2D eigenvalue weighted by Gasteiger charge is 2.27. The minimum absolute atomic E-state index is 0.191. The van der Waals surface area contributed by atoms with Crippen LogP contribution in [0.3, 0.4) is 0 Å². The Kier molecular flexibility index (Phi) is 5.98. The van der Waals surface area contributed by atoms with Gasteiger partial charge in [-0.3, -0.25) is 9.67 Å². The van der Waals surface area contributed by atoms with Crippen molar-refractivity contribution in [2.45, 2.75) is 31.7 Å². The number of likely N-dealkylation sites (tertiary alicyclic amines) is 1. The molecule has 1 saturated heterocycles. The average Bonchev–Trinajstić information content (AvgIpc) is 3.49. The third-order valence-corrected chi connectivity index (χ3v) is 5.53. The Morgan fingerprint density at radius 2 is 2.14 bits per heavy atom.